The molecule has 24 heavy (non-hydrogen) atoms. The molecule has 0 fully saturated rings. The predicted octanol–water partition coefficient (Wildman–Crippen LogP) is 2.93. The van der Waals surface area contributed by atoms with Gasteiger partial charge in [-0.25, -0.2) is 0 Å². The van der Waals surface area contributed by atoms with E-state index in [1.807, 2.05) is 13.8 Å². The fraction of sp³-hybridized carbons (Fsp3) is 0.556. The number of rotatable bonds is 8. The number of ether oxygens (including phenoxy) is 2. The van der Waals surface area contributed by atoms with Gasteiger partial charge in [0.05, 0.1) is 13.7 Å². The summed E-state index contributed by atoms with van der Waals surface area (Å²) in [7, 11) is 1.52. The summed E-state index contributed by atoms with van der Waals surface area (Å²) in [6.07, 6.45) is 1.29. The number of hydrazine groups is 1. The summed E-state index contributed by atoms with van der Waals surface area (Å²) in [5.41, 5.74) is 5.18. The highest BCUT2D eigenvalue weighted by Crippen LogP contribution is 2.28. The molecule has 1 aromatic carbocycles. The van der Waals surface area contributed by atoms with Gasteiger partial charge in [0.2, 0.25) is 5.91 Å². The molecular formula is C18H28N2O4. The van der Waals surface area contributed by atoms with Crippen molar-refractivity contribution in [3.63, 3.8) is 0 Å². The molecule has 1 rings (SSSR count). The normalized spacial score (nSPS) is 10.6. The molecule has 0 aliphatic carbocycles. The van der Waals surface area contributed by atoms with Gasteiger partial charge in [0.25, 0.3) is 5.91 Å². The second-order valence-corrected chi connectivity index (χ2v) is 6.50. The van der Waals surface area contributed by atoms with Crippen LogP contribution in [0.15, 0.2) is 18.2 Å². The Morgan fingerprint density at radius 2 is 1.75 bits per heavy atom. The second kappa shape index (κ2) is 9.80. The predicted molar refractivity (Wildman–Crippen MR) is 93.0 cm³/mol. The van der Waals surface area contributed by atoms with E-state index < -0.39 is 5.91 Å². The average molecular weight is 336 g/mol. The molecule has 0 saturated heterocycles. The lowest BCUT2D eigenvalue weighted by molar-refractivity contribution is -0.122. The van der Waals surface area contributed by atoms with Crippen LogP contribution in [0.1, 0.15) is 50.9 Å². The fourth-order valence-corrected chi connectivity index (χ4v) is 1.95. The first-order valence-electron chi connectivity index (χ1n) is 8.23. The number of carbonyl (C=O) groups is 2. The second-order valence-electron chi connectivity index (χ2n) is 6.50. The van der Waals surface area contributed by atoms with Crippen molar-refractivity contribution in [2.45, 2.75) is 40.5 Å². The van der Waals surface area contributed by atoms with Gasteiger partial charge in [-0.2, -0.15) is 0 Å². The van der Waals surface area contributed by atoms with Gasteiger partial charge in [0, 0.05) is 12.0 Å². The van der Waals surface area contributed by atoms with Gasteiger partial charge in [0.1, 0.15) is 0 Å². The Morgan fingerprint density at radius 1 is 1.04 bits per heavy atom. The third-order valence-electron chi connectivity index (χ3n) is 3.29. The first-order valence-corrected chi connectivity index (χ1v) is 8.23. The molecule has 0 atom stereocenters. The van der Waals surface area contributed by atoms with E-state index in [4.69, 9.17) is 9.47 Å². The molecule has 134 valence electrons. The summed E-state index contributed by atoms with van der Waals surface area (Å²) in [5, 5.41) is 0. The number of nitrogens with one attached hydrogen (secondary N) is 2. The molecule has 0 aromatic heterocycles. The lowest BCUT2D eigenvalue weighted by Gasteiger charge is -2.13. The van der Waals surface area contributed by atoms with Crippen molar-refractivity contribution < 1.29 is 19.1 Å². The maximum Gasteiger partial charge on any atom is 0.269 e. The van der Waals surface area contributed by atoms with Gasteiger partial charge in [-0.15, -0.1) is 0 Å². The smallest absolute Gasteiger partial charge is 0.269 e. The van der Waals surface area contributed by atoms with Crippen molar-refractivity contribution in [1.82, 2.24) is 10.9 Å². The standard InChI is InChI=1S/C18H28N2O4/c1-12(2)8-9-24-15-7-6-14(11-16(15)23-5)18(22)20-19-17(21)10-13(3)4/h6-7,11-13H,8-10H2,1-5H3,(H,19,21)(H,20,22). The van der Waals surface area contributed by atoms with Crippen LogP contribution in [-0.4, -0.2) is 25.5 Å². The highest BCUT2D eigenvalue weighted by atomic mass is 16.5. The molecule has 0 saturated carbocycles. The number of benzene rings is 1. The van der Waals surface area contributed by atoms with Gasteiger partial charge in [0.15, 0.2) is 11.5 Å². The van der Waals surface area contributed by atoms with E-state index in [0.29, 0.717) is 36.0 Å². The number of hydrogen-bond acceptors (Lipinski definition) is 4. The first-order chi connectivity index (χ1) is 11.3. The van der Waals surface area contributed by atoms with Crippen molar-refractivity contribution in [1.29, 1.82) is 0 Å². The lowest BCUT2D eigenvalue weighted by Crippen LogP contribution is -2.42. The van der Waals surface area contributed by atoms with Crippen molar-refractivity contribution in [3.8, 4) is 11.5 Å². The van der Waals surface area contributed by atoms with Crippen molar-refractivity contribution >= 4 is 11.8 Å². The SMILES string of the molecule is COc1cc(C(=O)NNC(=O)CC(C)C)ccc1OCCC(C)C. The van der Waals surface area contributed by atoms with E-state index in [1.54, 1.807) is 18.2 Å². The molecule has 2 amide bonds. The third kappa shape index (κ3) is 6.89. The van der Waals surface area contributed by atoms with Crippen LogP contribution in [0.5, 0.6) is 11.5 Å². The van der Waals surface area contributed by atoms with Crippen LogP contribution < -0.4 is 20.3 Å². The molecule has 0 spiro atoms. The highest BCUT2D eigenvalue weighted by molar-refractivity contribution is 5.96. The summed E-state index contributed by atoms with van der Waals surface area (Å²) in [6, 6.07) is 4.93. The summed E-state index contributed by atoms with van der Waals surface area (Å²) in [6.45, 7) is 8.71. The Kier molecular flexibility index (Phi) is 8.09. The summed E-state index contributed by atoms with van der Waals surface area (Å²) in [4.78, 5) is 23.7. The van der Waals surface area contributed by atoms with Crippen LogP contribution in [0.4, 0.5) is 0 Å². The zero-order valence-corrected chi connectivity index (χ0v) is 15.1. The minimum Gasteiger partial charge on any atom is -0.493 e. The first kappa shape index (κ1) is 19.8. The van der Waals surface area contributed by atoms with Gasteiger partial charge >= 0.3 is 0 Å². The molecule has 0 heterocycles. The fourth-order valence-electron chi connectivity index (χ4n) is 1.95. The monoisotopic (exact) mass is 336 g/mol. The van der Waals surface area contributed by atoms with E-state index in [9.17, 15) is 9.59 Å². The van der Waals surface area contributed by atoms with Gasteiger partial charge in [-0.3, -0.25) is 20.4 Å². The zero-order valence-electron chi connectivity index (χ0n) is 15.1. The van der Waals surface area contributed by atoms with Crippen LogP contribution in [0.3, 0.4) is 0 Å². The zero-order chi connectivity index (χ0) is 18.1. The minimum absolute atomic E-state index is 0.223. The third-order valence-corrected chi connectivity index (χ3v) is 3.29. The van der Waals surface area contributed by atoms with E-state index in [1.165, 1.54) is 7.11 Å². The largest absolute Gasteiger partial charge is 0.493 e. The molecule has 6 nitrogen and oxygen atoms in total. The molecule has 0 aliphatic heterocycles. The number of methoxy groups -OCH3 is 1. The molecule has 0 radical (unpaired) electrons. The van der Waals surface area contributed by atoms with Crippen LogP contribution in [0.25, 0.3) is 0 Å². The topological polar surface area (TPSA) is 76.7 Å². The van der Waals surface area contributed by atoms with Crippen molar-refractivity contribution in [3.05, 3.63) is 23.8 Å². The van der Waals surface area contributed by atoms with E-state index in [0.717, 1.165) is 6.42 Å². The van der Waals surface area contributed by atoms with E-state index >= 15 is 0 Å². The Morgan fingerprint density at radius 3 is 2.33 bits per heavy atom. The van der Waals surface area contributed by atoms with Gasteiger partial charge in [-0.05, 0) is 36.5 Å². The Balaban J connectivity index is 2.65. The lowest BCUT2D eigenvalue weighted by atomic mass is 10.1. The van der Waals surface area contributed by atoms with Crippen molar-refractivity contribution in [2.24, 2.45) is 11.8 Å². The molecule has 2 N–H and O–H groups in total. The molecule has 0 bridgehead atoms. The molecule has 0 aliphatic rings. The highest BCUT2D eigenvalue weighted by Gasteiger charge is 2.12. The molecular weight excluding hydrogens is 308 g/mol. The Bertz CT molecular complexity index is 556. The Hall–Kier alpha value is -2.24. The Labute approximate surface area is 143 Å². The number of hydrogen-bond donors (Lipinski definition) is 2. The average Bonchev–Trinajstić information content (AvgIpc) is 2.51. The minimum atomic E-state index is -0.404. The van der Waals surface area contributed by atoms with Gasteiger partial charge in [-0.1, -0.05) is 27.7 Å². The molecule has 1 aromatic rings. The van der Waals surface area contributed by atoms with Gasteiger partial charge < -0.3 is 9.47 Å². The van der Waals surface area contributed by atoms with Crippen LogP contribution >= 0.6 is 0 Å². The van der Waals surface area contributed by atoms with E-state index in [-0.39, 0.29) is 11.8 Å². The van der Waals surface area contributed by atoms with Crippen LogP contribution in [0.2, 0.25) is 0 Å². The van der Waals surface area contributed by atoms with Crippen molar-refractivity contribution in [2.75, 3.05) is 13.7 Å². The molecule has 0 unspecified atom stereocenters. The molecule has 6 heteroatoms. The summed E-state index contributed by atoms with van der Waals surface area (Å²) in [5.74, 6) is 1.23. The van der Waals surface area contributed by atoms with Crippen LogP contribution in [0, 0.1) is 11.8 Å². The number of carbonyl (C=O) groups excluding carboxylic acids is 2. The van der Waals surface area contributed by atoms with E-state index in [2.05, 4.69) is 24.7 Å². The summed E-state index contributed by atoms with van der Waals surface area (Å²) < 4.78 is 11.0. The maximum absolute atomic E-state index is 12.1. The number of amides is 2. The summed E-state index contributed by atoms with van der Waals surface area (Å²) >= 11 is 0. The maximum atomic E-state index is 12.1. The van der Waals surface area contributed by atoms with Crippen LogP contribution in [-0.2, 0) is 4.79 Å². The quantitative estimate of drug-likeness (QED) is 0.716.